The molecule has 0 aromatic carbocycles. The van der Waals surface area contributed by atoms with Crippen LogP contribution in [0.15, 0.2) is 0 Å². The minimum atomic E-state index is -4.08. The minimum absolute atomic E-state index is 0. The normalized spacial score (nSPS) is 5.83. The average Bonchev–Trinajstić information content (AvgIpc) is 1.63. The van der Waals surface area contributed by atoms with E-state index in [9.17, 15) is 0 Å². The van der Waals surface area contributed by atoms with E-state index in [1.54, 1.807) is 0 Å². The molecule has 0 heterocycles. The zero-order chi connectivity index (χ0) is 8.73. The third-order valence-corrected chi connectivity index (χ3v) is 0.167. The van der Waals surface area contributed by atoms with Gasteiger partial charge in [-0.05, 0) is 0 Å². The van der Waals surface area contributed by atoms with Crippen molar-refractivity contribution in [3.8, 4) is 0 Å². The van der Waals surface area contributed by atoms with Gasteiger partial charge in [0.2, 0.25) is 0 Å². The molecule has 0 saturated carbocycles. The summed E-state index contributed by atoms with van der Waals surface area (Å²) in [4.78, 5) is 17.9. The summed E-state index contributed by atoms with van der Waals surface area (Å²) in [6.45, 7) is 0. The Hall–Kier alpha value is 2.52. The fourth-order valence-corrected chi connectivity index (χ4v) is 0. The number of carbonyl (C=O) groups excluding carboxylic acids is 2. The van der Waals surface area contributed by atoms with Gasteiger partial charge in [-0.1, -0.05) is 0 Å². The van der Waals surface area contributed by atoms with Gasteiger partial charge in [0.1, 0.15) is 0 Å². The molecule has 0 N–H and O–H groups in total. The zero-order valence-corrected chi connectivity index (χ0v) is 16.2. The first-order chi connectivity index (χ1) is 4.37. The van der Waals surface area contributed by atoms with E-state index >= 15 is 0 Å². The molecule has 12 heavy (non-hydrogen) atoms. The molecule has 58 valence electrons. The summed E-state index contributed by atoms with van der Waals surface area (Å²) in [5.74, 6) is -4.37. The Labute approximate surface area is 155 Å². The molecule has 0 rings (SSSR count). The number of carbonyl (C=O) groups is 2. The van der Waals surface area contributed by atoms with Crippen molar-refractivity contribution in [2.45, 2.75) is 0 Å². The van der Waals surface area contributed by atoms with E-state index in [-0.39, 0.29) is 97.8 Å². The van der Waals surface area contributed by atoms with E-state index in [0.29, 0.717) is 0 Å². The first kappa shape index (κ1) is 24.0. The van der Waals surface area contributed by atoms with E-state index < -0.39 is 30.6 Å². The summed E-state index contributed by atoms with van der Waals surface area (Å²) in [5, 5.41) is 17.9. The van der Waals surface area contributed by atoms with Crippen molar-refractivity contribution >= 4 is 110 Å². The standard InChI is InChI=1S/C2H2O4.2Ba.3O.Ti/c3-1(4)2(5)6;;;;;;/h(H,3,4)(H,5,6);;;;;;/q;2*+2;;2*-1;/p-2. The summed E-state index contributed by atoms with van der Waals surface area (Å²) in [6.07, 6.45) is 0. The van der Waals surface area contributed by atoms with Gasteiger partial charge in [0.05, 0.1) is 11.9 Å². The summed E-state index contributed by atoms with van der Waals surface area (Å²) in [5.41, 5.74) is 0. The summed E-state index contributed by atoms with van der Waals surface area (Å²) < 4.78 is 25.8. The van der Waals surface area contributed by atoms with Crippen LogP contribution in [0.1, 0.15) is 0 Å². The first-order valence-electron chi connectivity index (χ1n) is 1.68. The van der Waals surface area contributed by atoms with Crippen LogP contribution in [-0.2, 0) is 31.5 Å². The predicted octanol–water partition coefficient (Wildman–Crippen LogP) is -6.77. The third-order valence-electron chi connectivity index (χ3n) is 0.167. The van der Waals surface area contributed by atoms with Crippen LogP contribution < -0.4 is 17.6 Å². The monoisotopic (exact) mass is 460 g/mol. The van der Waals surface area contributed by atoms with Crippen LogP contribution in [0.3, 0.4) is 0 Å². The molecular formula is C2Ba2O7Ti. The SMILES string of the molecule is O=C([O-])C(=O)[O-].[Ba+2].[Ba+2].[O]=[Ti]([O-])[O-]. The molecule has 0 saturated heterocycles. The molecule has 0 radical (unpaired) electrons. The van der Waals surface area contributed by atoms with E-state index in [2.05, 4.69) is 0 Å². The number of hydrogen-bond acceptors (Lipinski definition) is 7. The molecule has 0 aliphatic carbocycles. The fraction of sp³-hybridized carbons (Fsp3) is 0. The zero-order valence-electron chi connectivity index (χ0n) is 5.77. The summed E-state index contributed by atoms with van der Waals surface area (Å²) >= 11 is -4.08. The van der Waals surface area contributed by atoms with E-state index in [1.165, 1.54) is 0 Å². The average molecular weight is 459 g/mol. The van der Waals surface area contributed by atoms with Gasteiger partial charge in [-0.2, -0.15) is 0 Å². The van der Waals surface area contributed by atoms with Gasteiger partial charge in [-0.15, -0.1) is 0 Å². The summed E-state index contributed by atoms with van der Waals surface area (Å²) in [6, 6.07) is 0. The van der Waals surface area contributed by atoms with Gasteiger partial charge in [-0.25, -0.2) is 0 Å². The van der Waals surface area contributed by atoms with Gasteiger partial charge in [-0.3, -0.25) is 0 Å². The van der Waals surface area contributed by atoms with Crippen LogP contribution in [0.4, 0.5) is 0 Å². The molecule has 0 aromatic rings. The molecule has 0 fully saturated rings. The molecule has 0 spiro atoms. The maximum absolute atomic E-state index is 8.93. The van der Waals surface area contributed by atoms with Crippen LogP contribution in [-0.4, -0.2) is 110 Å². The van der Waals surface area contributed by atoms with Crippen molar-refractivity contribution in [3.63, 3.8) is 0 Å². The molecule has 0 aromatic heterocycles. The van der Waals surface area contributed by atoms with Gasteiger partial charge >= 0.3 is 127 Å². The van der Waals surface area contributed by atoms with Crippen LogP contribution in [0.2, 0.25) is 0 Å². The second-order valence-corrected chi connectivity index (χ2v) is 1.61. The maximum atomic E-state index is 8.93. The Morgan fingerprint density at radius 3 is 1.00 bits per heavy atom. The topological polar surface area (TPSA) is 143 Å². The van der Waals surface area contributed by atoms with Crippen LogP contribution in [0, 0.1) is 0 Å². The molecular weight excluding hydrogens is 459 g/mol. The van der Waals surface area contributed by atoms with Crippen molar-refractivity contribution in [3.05, 3.63) is 0 Å². The first-order valence-corrected chi connectivity index (χ1v) is 3.59. The number of rotatable bonds is 0. The second-order valence-electron chi connectivity index (χ2n) is 0.825. The molecule has 0 bridgehead atoms. The molecule has 0 aliphatic heterocycles. The Morgan fingerprint density at radius 2 is 1.00 bits per heavy atom. The van der Waals surface area contributed by atoms with Crippen LogP contribution >= 0.6 is 0 Å². The van der Waals surface area contributed by atoms with Gasteiger partial charge in [0.25, 0.3) is 0 Å². The Kier molecular flexibility index (Phi) is 31.9. The van der Waals surface area contributed by atoms with E-state index in [4.69, 9.17) is 30.5 Å². The van der Waals surface area contributed by atoms with Crippen molar-refractivity contribution in [2.75, 3.05) is 0 Å². The number of carboxylic acids is 2. The summed E-state index contributed by atoms with van der Waals surface area (Å²) in [7, 11) is 0. The molecule has 7 nitrogen and oxygen atoms in total. The van der Waals surface area contributed by atoms with Gasteiger partial charge < -0.3 is 19.8 Å². The van der Waals surface area contributed by atoms with Crippen molar-refractivity contribution < 1.29 is 49.1 Å². The van der Waals surface area contributed by atoms with E-state index in [0.717, 1.165) is 0 Å². The van der Waals surface area contributed by atoms with E-state index in [1.807, 2.05) is 0 Å². The third kappa shape index (κ3) is 39.1. The van der Waals surface area contributed by atoms with Crippen molar-refractivity contribution in [1.82, 2.24) is 0 Å². The Morgan fingerprint density at radius 1 is 0.917 bits per heavy atom. The van der Waals surface area contributed by atoms with Gasteiger partial charge in [0, 0.05) is 0 Å². The van der Waals surface area contributed by atoms with Crippen LogP contribution in [0.25, 0.3) is 0 Å². The Bertz CT molecular complexity index is 141. The Balaban J connectivity index is -0.0000000483. The quantitative estimate of drug-likeness (QED) is 0.259. The second kappa shape index (κ2) is 16.0. The van der Waals surface area contributed by atoms with Crippen LogP contribution in [0.5, 0.6) is 0 Å². The molecule has 0 unspecified atom stereocenters. The van der Waals surface area contributed by atoms with Crippen molar-refractivity contribution in [2.24, 2.45) is 0 Å². The molecule has 0 atom stereocenters. The number of aliphatic carboxylic acids is 2. The van der Waals surface area contributed by atoms with Crippen molar-refractivity contribution in [1.29, 1.82) is 0 Å². The number of hydrogen-bond donors (Lipinski definition) is 0. The fourth-order valence-electron chi connectivity index (χ4n) is 0. The number of carboxylic acid groups (broad SMARTS) is 2. The predicted molar refractivity (Wildman–Crippen MR) is 22.2 cm³/mol. The molecule has 0 amide bonds. The molecule has 0 aliphatic rings. The molecule has 10 heteroatoms. The van der Waals surface area contributed by atoms with Gasteiger partial charge in [0.15, 0.2) is 0 Å².